The molecule has 20 rings (SSSR count). The van der Waals surface area contributed by atoms with Crippen LogP contribution in [-0.2, 0) is 860 Å². The molecule has 0 unspecified atom stereocenters. The van der Waals surface area contributed by atoms with Crippen molar-refractivity contribution in [3.63, 3.8) is 0 Å². The van der Waals surface area contributed by atoms with Gasteiger partial charge in [0.25, 0.3) is 0 Å². The van der Waals surface area contributed by atoms with E-state index >= 15 is 0 Å². The number of hydrogen-bond acceptors (Lipinski definition) is 4. The molecule has 26 radical (unpaired) electrons. The van der Waals surface area contributed by atoms with Gasteiger partial charge in [0.2, 0.25) is 0 Å². The van der Waals surface area contributed by atoms with Crippen molar-refractivity contribution in [2.24, 2.45) is 0 Å². The summed E-state index contributed by atoms with van der Waals surface area (Å²) in [5.74, 6) is 0. The molecule has 2 aliphatic carbocycles. The van der Waals surface area contributed by atoms with Gasteiger partial charge in [0.05, 0.1) is 11.2 Å². The topological polar surface area (TPSA) is 58.9 Å². The average Bonchev–Trinajstić information content (AvgIpc) is 1.07. The normalized spacial score (nSPS) is 10.6. The fraction of sp³-hybridized carbons (Fsp3) is 0.102. The summed E-state index contributed by atoms with van der Waals surface area (Å²) in [5.41, 5.74) is 31.9. The second kappa shape index (κ2) is 102. The van der Waals surface area contributed by atoms with E-state index in [0.717, 1.165) is 163 Å². The summed E-state index contributed by atoms with van der Waals surface area (Å²) in [6, 6.07) is 171. The standard InChI is InChI=1S/C25H15.C25H14.C24H10.C18H19BO2.C14H13.C12H9BO2.26Y/c2*1-19-11-5-6-14-21(19)23-16-9-10-18-25(23)24-17-8-7-15-22(24)20-12-3-2-4-13-20;1-2-10-18-17(9-1)19-11-3-4-13-21(19)23-15-7-8-16-24(23)22-14-6-5-12-20(18)22;1-17(2)18(3,4)21-19(20-17)16-13-9-8-12-15(16)14-10-6-5-7-11-14;1-11-7-3-5-9-13(11)14-10-6-4-8-12(14)2;14-13(15)12-9-5-4-8-11(12)10-6-2-1-3-7-10;;;;;;;;;;;;;;;;;;;;;;;;;;/h2-12,17H,1H3;2-12H,1H3;1-9,11H;5-10,13H,1-4H3;3,5-6H,4,8H2,1-2H3;1-6,9,14-15H;;;;;;;;;;;;;;;;;;;;;;;;;;/q-5;2*-6;-2;-3;-2;;;;;;;;;;;;;;;;;;;;;;;;;;. The molecule has 1 heterocycles. The number of hydrogen-bond donors (Lipinski definition) is 2. The van der Waals surface area contributed by atoms with Crippen LogP contribution in [0.3, 0.4) is 0 Å². The third kappa shape index (κ3) is 54.5. The van der Waals surface area contributed by atoms with Gasteiger partial charge >= 0.3 is 14.2 Å². The van der Waals surface area contributed by atoms with Crippen LogP contribution in [-0.4, -0.2) is 35.5 Å². The Morgan fingerprint density at radius 1 is 0.233 bits per heavy atom. The van der Waals surface area contributed by atoms with E-state index in [1.54, 1.807) is 24.3 Å². The van der Waals surface area contributed by atoms with Crippen LogP contribution in [0, 0.1) is 166 Å². The predicted octanol–water partition coefficient (Wildman–Crippen LogP) is 24.6. The maximum Gasteiger partial charge on any atom is 0.426 e. The van der Waals surface area contributed by atoms with Gasteiger partial charge in [0.15, 0.2) is 0 Å². The largest absolute Gasteiger partial charge is 0.432 e. The van der Waals surface area contributed by atoms with E-state index in [4.69, 9.17) is 9.31 Å². The van der Waals surface area contributed by atoms with Gasteiger partial charge in [-0.05, 0) is 27.7 Å². The Balaban J connectivity index is -0.000000149. The number of rotatable bonds is 11. The number of fused-ring (bicyclic) bond motifs is 8. The molecule has 0 spiro atoms. The van der Waals surface area contributed by atoms with E-state index in [2.05, 4.69) is 243 Å². The van der Waals surface area contributed by atoms with Crippen molar-refractivity contribution in [2.75, 3.05) is 0 Å². The molecule has 150 heavy (non-hydrogen) atoms. The van der Waals surface area contributed by atoms with Gasteiger partial charge in [0, 0.05) is 850 Å². The third-order valence-corrected chi connectivity index (χ3v) is 21.7. The average molecular weight is 3900 g/mol. The first-order valence-electron chi connectivity index (χ1n) is 41.0. The summed E-state index contributed by atoms with van der Waals surface area (Å²) < 4.78 is 12.3. The van der Waals surface area contributed by atoms with E-state index in [1.807, 2.05) is 237 Å². The van der Waals surface area contributed by atoms with Crippen molar-refractivity contribution in [1.29, 1.82) is 0 Å². The van der Waals surface area contributed by atoms with Crippen molar-refractivity contribution in [3.8, 4) is 134 Å². The van der Waals surface area contributed by atoms with E-state index in [1.165, 1.54) is 16.7 Å². The number of benzene rings is 17. The van der Waals surface area contributed by atoms with Gasteiger partial charge in [0.1, 0.15) is 0 Å². The summed E-state index contributed by atoms with van der Waals surface area (Å²) >= 11 is 0. The molecule has 0 aromatic heterocycles. The minimum atomic E-state index is -1.48. The van der Waals surface area contributed by atoms with Gasteiger partial charge in [-0.2, -0.15) is 253 Å². The molecule has 17 aromatic carbocycles. The fourth-order valence-corrected chi connectivity index (χ4v) is 14.8. The van der Waals surface area contributed by atoms with Crippen molar-refractivity contribution in [2.45, 2.75) is 79.4 Å². The quantitative estimate of drug-likeness (QED) is 0.100. The van der Waals surface area contributed by atoms with Crippen LogP contribution in [0.4, 0.5) is 0 Å². The second-order valence-electron chi connectivity index (χ2n) is 30.4. The van der Waals surface area contributed by atoms with E-state index in [9.17, 15) is 10.0 Å². The van der Waals surface area contributed by atoms with Crippen LogP contribution >= 0.6 is 0 Å². The Kier molecular flexibility index (Phi) is 128. The van der Waals surface area contributed by atoms with Crippen LogP contribution in [0.2, 0.25) is 0 Å². The predicted molar refractivity (Wildman–Crippen MR) is 500 cm³/mol. The maximum atomic E-state index is 9.19. The molecular formula is C118H80B2O4Y26-24. The van der Waals surface area contributed by atoms with Gasteiger partial charge in [-0.1, -0.05) is 40.5 Å². The zero-order chi connectivity index (χ0) is 85.8. The van der Waals surface area contributed by atoms with Gasteiger partial charge in [-0.15, -0.1) is 77.7 Å². The molecule has 3 aliphatic rings. The summed E-state index contributed by atoms with van der Waals surface area (Å²) in [6.45, 7) is 16.7. The van der Waals surface area contributed by atoms with Gasteiger partial charge < -0.3 is 19.4 Å². The summed E-state index contributed by atoms with van der Waals surface area (Å²) in [5, 5.41) is 18.4. The second-order valence-corrected chi connectivity index (χ2v) is 30.4. The molecule has 2 N–H and O–H groups in total. The summed E-state index contributed by atoms with van der Waals surface area (Å²) in [4.78, 5) is 0. The Morgan fingerprint density at radius 3 is 0.853 bits per heavy atom. The maximum absolute atomic E-state index is 9.19. The molecule has 0 bridgehead atoms. The number of allylic oxidation sites excluding steroid dienone is 4. The molecule has 17 aromatic rings. The minimum Gasteiger partial charge on any atom is -0.432 e. The molecule has 4 nitrogen and oxygen atoms in total. The fourth-order valence-electron chi connectivity index (χ4n) is 14.8. The summed E-state index contributed by atoms with van der Waals surface area (Å²) in [7, 11) is -1.86. The van der Waals surface area contributed by atoms with E-state index in [-0.39, 0.29) is 869 Å². The molecular weight excluding hydrogens is 3810 g/mol. The van der Waals surface area contributed by atoms with Crippen LogP contribution in [0.1, 0.15) is 69.7 Å². The Hall–Kier alpha value is 14.9. The van der Waals surface area contributed by atoms with Crippen LogP contribution in [0.25, 0.3) is 139 Å². The monoisotopic (exact) mass is 3890 g/mol. The van der Waals surface area contributed by atoms with Crippen molar-refractivity contribution in [1.82, 2.24) is 0 Å². The third-order valence-electron chi connectivity index (χ3n) is 21.7. The van der Waals surface area contributed by atoms with Crippen LogP contribution in [0.15, 0.2) is 309 Å². The first kappa shape index (κ1) is 189. The molecule has 684 valence electrons. The van der Waals surface area contributed by atoms with E-state index in [0.29, 0.717) is 11.0 Å². The van der Waals surface area contributed by atoms with Crippen molar-refractivity contribution < 1.29 is 870 Å². The molecule has 0 saturated carbocycles. The Bertz CT molecular complexity index is 6150. The van der Waals surface area contributed by atoms with Crippen molar-refractivity contribution in [3.05, 3.63) is 477 Å². The van der Waals surface area contributed by atoms with Crippen LogP contribution in [0.5, 0.6) is 0 Å². The zero-order valence-corrected chi connectivity index (χ0v) is 159. The van der Waals surface area contributed by atoms with Gasteiger partial charge in [-0.25, -0.2) is 255 Å². The summed E-state index contributed by atoms with van der Waals surface area (Å²) in [6.07, 6.45) is 7.70. The molecule has 1 aliphatic heterocycles. The first-order valence-corrected chi connectivity index (χ1v) is 41.0. The zero-order valence-electron chi connectivity index (χ0n) is 85.2. The molecule has 1 fully saturated rings. The number of aryl methyl sites for hydroxylation is 3. The SMILES string of the molecule is CC1(C)OB(c2ccc[c-]c2-c2[c-]cccc2)OC1(C)C.CC1=C(c2[c-]cc[c-]c2C)[C-]=CCC1.Cc1ccc[c-]c1-c1[c-]cc[c-]c1-c1[c-]cc[c-]c1-c1[c-]cccc1.Cc1ccc[c-]c1-c1[c-]cc[c-]c1-c1ccc[c-]c1-c1[c-]cccc1.OB(O)c1ccc[c-]c1-c1[c-]cccc1.[Y].[Y].[Y].[Y].[Y].[Y].[Y].[Y].[Y].[Y].[Y].[Y].[Y].[Y].[Y].[Y].[Y].[Y].[Y].[Y].[Y].[Y].[Y].[Y].[Y].[Y].[c-]1cc[c-]c2c1-c1[c-]cc[c-]c1-c1[c-]cccc1-c1ccc[c-]c1-2. The van der Waals surface area contributed by atoms with Crippen LogP contribution < -0.4 is 10.9 Å². The minimum absolute atomic E-state index is 0. The van der Waals surface area contributed by atoms with E-state index < -0.39 is 7.12 Å². The van der Waals surface area contributed by atoms with Crippen molar-refractivity contribution >= 4 is 30.7 Å². The molecule has 0 amide bonds. The smallest absolute Gasteiger partial charge is 0.426 e. The first-order chi connectivity index (χ1) is 60.6. The molecule has 1 saturated heterocycles. The van der Waals surface area contributed by atoms with Gasteiger partial charge in [-0.3, -0.25) is 41.0 Å². The molecule has 0 atom stereocenters. The molecule has 32 heteroatoms. The Labute approximate surface area is 1550 Å². The Morgan fingerprint density at radius 2 is 0.493 bits per heavy atom.